The number of carbonyl (C=O) groups is 1. The van der Waals surface area contributed by atoms with Gasteiger partial charge in [-0.25, -0.2) is 0 Å². The molecule has 0 aromatic heterocycles. The van der Waals surface area contributed by atoms with E-state index >= 15 is 0 Å². The molecule has 0 fully saturated rings. The molecule has 0 heterocycles. The van der Waals surface area contributed by atoms with Crippen LogP contribution in [0, 0.1) is 0 Å². The van der Waals surface area contributed by atoms with Gasteiger partial charge in [-0.1, -0.05) is 96.8 Å². The third-order valence-corrected chi connectivity index (χ3v) is 5.32. The molecule has 0 spiro atoms. The average Bonchev–Trinajstić information content (AvgIpc) is 2.63. The summed E-state index contributed by atoms with van der Waals surface area (Å²) in [5.41, 5.74) is 0. The van der Waals surface area contributed by atoms with E-state index in [1.807, 2.05) is 0 Å². The molecular weight excluding hydrogens is 350 g/mol. The molecule has 0 aromatic rings. The standard InChI is InChI=1S/C24H49NO3/c1-4-5-6-7-8-9-10-11-12-13-14-15-16-17-18-19-24(28)25(20-22(2)26)21-23(3)27/h22-23,26-27H,4-21H2,1-3H3. The van der Waals surface area contributed by atoms with Crippen LogP contribution in [0.5, 0.6) is 0 Å². The number of amides is 1. The van der Waals surface area contributed by atoms with Crippen LogP contribution in [0.3, 0.4) is 0 Å². The minimum Gasteiger partial charge on any atom is -0.392 e. The van der Waals surface area contributed by atoms with E-state index in [0.29, 0.717) is 19.5 Å². The number of carbonyl (C=O) groups excluding carboxylic acids is 1. The zero-order valence-electron chi connectivity index (χ0n) is 19.1. The number of unbranched alkanes of at least 4 members (excludes halogenated alkanes) is 14. The molecule has 1 amide bonds. The Bertz CT molecular complexity index is 335. The minimum absolute atomic E-state index is 0.0523. The molecule has 0 saturated carbocycles. The molecule has 0 aliphatic carbocycles. The molecule has 28 heavy (non-hydrogen) atoms. The molecule has 0 rings (SSSR count). The van der Waals surface area contributed by atoms with E-state index < -0.39 is 12.2 Å². The summed E-state index contributed by atoms with van der Waals surface area (Å²) < 4.78 is 0. The van der Waals surface area contributed by atoms with Gasteiger partial charge in [0.25, 0.3) is 0 Å². The van der Waals surface area contributed by atoms with Crippen molar-refractivity contribution in [2.24, 2.45) is 0 Å². The normalized spacial score (nSPS) is 13.5. The monoisotopic (exact) mass is 399 g/mol. The van der Waals surface area contributed by atoms with Crippen LogP contribution >= 0.6 is 0 Å². The zero-order chi connectivity index (χ0) is 21.0. The fraction of sp³-hybridized carbons (Fsp3) is 0.958. The zero-order valence-corrected chi connectivity index (χ0v) is 19.1. The van der Waals surface area contributed by atoms with Crippen molar-refractivity contribution in [2.45, 2.75) is 136 Å². The maximum absolute atomic E-state index is 12.3. The summed E-state index contributed by atoms with van der Waals surface area (Å²) >= 11 is 0. The van der Waals surface area contributed by atoms with E-state index in [2.05, 4.69) is 6.92 Å². The van der Waals surface area contributed by atoms with E-state index in [0.717, 1.165) is 12.8 Å². The second-order valence-electron chi connectivity index (χ2n) is 8.70. The van der Waals surface area contributed by atoms with Crippen molar-refractivity contribution >= 4 is 5.91 Å². The number of nitrogens with zero attached hydrogens (tertiary/aromatic N) is 1. The quantitative estimate of drug-likeness (QED) is 0.253. The molecular formula is C24H49NO3. The van der Waals surface area contributed by atoms with Crippen LogP contribution in [-0.2, 0) is 4.79 Å². The number of aliphatic hydroxyl groups excluding tert-OH is 2. The molecule has 0 aliphatic heterocycles. The van der Waals surface area contributed by atoms with Crippen molar-refractivity contribution in [3.63, 3.8) is 0 Å². The fourth-order valence-electron chi connectivity index (χ4n) is 3.72. The van der Waals surface area contributed by atoms with Crippen LogP contribution in [0.15, 0.2) is 0 Å². The van der Waals surface area contributed by atoms with E-state index in [1.165, 1.54) is 83.5 Å². The van der Waals surface area contributed by atoms with Gasteiger partial charge in [-0.3, -0.25) is 4.79 Å². The first-order valence-corrected chi connectivity index (χ1v) is 12.1. The maximum Gasteiger partial charge on any atom is 0.222 e. The Morgan fingerprint density at radius 1 is 0.643 bits per heavy atom. The van der Waals surface area contributed by atoms with Crippen molar-refractivity contribution in [2.75, 3.05) is 13.1 Å². The van der Waals surface area contributed by atoms with Gasteiger partial charge in [0, 0.05) is 19.5 Å². The molecule has 2 unspecified atom stereocenters. The van der Waals surface area contributed by atoms with Crippen LogP contribution in [0.25, 0.3) is 0 Å². The Balaban J connectivity index is 3.47. The molecule has 168 valence electrons. The lowest BCUT2D eigenvalue weighted by Crippen LogP contribution is -2.40. The predicted octanol–water partition coefficient (Wildman–Crippen LogP) is 5.84. The lowest BCUT2D eigenvalue weighted by Gasteiger charge is -2.25. The molecule has 0 radical (unpaired) electrons. The highest BCUT2D eigenvalue weighted by Gasteiger charge is 2.16. The van der Waals surface area contributed by atoms with Gasteiger partial charge in [-0.15, -0.1) is 0 Å². The topological polar surface area (TPSA) is 60.8 Å². The van der Waals surface area contributed by atoms with Crippen molar-refractivity contribution < 1.29 is 15.0 Å². The fourth-order valence-corrected chi connectivity index (χ4v) is 3.72. The molecule has 0 aromatic carbocycles. The Labute approximate surface area is 175 Å². The van der Waals surface area contributed by atoms with Crippen molar-refractivity contribution in [1.82, 2.24) is 4.90 Å². The molecule has 0 bridgehead atoms. The van der Waals surface area contributed by atoms with Gasteiger partial charge in [0.2, 0.25) is 5.91 Å². The lowest BCUT2D eigenvalue weighted by atomic mass is 10.0. The minimum atomic E-state index is -0.552. The van der Waals surface area contributed by atoms with E-state index in [-0.39, 0.29) is 5.91 Å². The summed E-state index contributed by atoms with van der Waals surface area (Å²) in [6.07, 6.45) is 19.2. The van der Waals surface area contributed by atoms with E-state index in [4.69, 9.17) is 0 Å². The van der Waals surface area contributed by atoms with Gasteiger partial charge in [0.15, 0.2) is 0 Å². The molecule has 2 N–H and O–H groups in total. The summed E-state index contributed by atoms with van der Waals surface area (Å²) in [4.78, 5) is 13.8. The van der Waals surface area contributed by atoms with Crippen LogP contribution in [0.2, 0.25) is 0 Å². The van der Waals surface area contributed by atoms with Crippen molar-refractivity contribution in [3.05, 3.63) is 0 Å². The third kappa shape index (κ3) is 18.7. The Hall–Kier alpha value is -0.610. The largest absolute Gasteiger partial charge is 0.392 e. The van der Waals surface area contributed by atoms with Gasteiger partial charge in [-0.05, 0) is 20.3 Å². The third-order valence-electron chi connectivity index (χ3n) is 5.32. The molecule has 4 nitrogen and oxygen atoms in total. The van der Waals surface area contributed by atoms with Crippen molar-refractivity contribution in [3.8, 4) is 0 Å². The first-order valence-electron chi connectivity index (χ1n) is 12.1. The SMILES string of the molecule is CCCCCCCCCCCCCCCCCC(=O)N(CC(C)O)CC(C)O. The average molecular weight is 400 g/mol. The second kappa shape index (κ2) is 19.7. The van der Waals surface area contributed by atoms with Gasteiger partial charge < -0.3 is 15.1 Å². The summed E-state index contributed by atoms with van der Waals surface area (Å²) in [6, 6.07) is 0. The van der Waals surface area contributed by atoms with Crippen LogP contribution < -0.4 is 0 Å². The number of rotatable bonds is 20. The Morgan fingerprint density at radius 2 is 0.964 bits per heavy atom. The van der Waals surface area contributed by atoms with Gasteiger partial charge >= 0.3 is 0 Å². The van der Waals surface area contributed by atoms with E-state index in [1.54, 1.807) is 18.7 Å². The summed E-state index contributed by atoms with van der Waals surface area (Å²) in [5, 5.41) is 19.0. The smallest absolute Gasteiger partial charge is 0.222 e. The number of aliphatic hydroxyl groups is 2. The van der Waals surface area contributed by atoms with Crippen LogP contribution in [0.4, 0.5) is 0 Å². The lowest BCUT2D eigenvalue weighted by molar-refractivity contribution is -0.134. The summed E-state index contributed by atoms with van der Waals surface area (Å²) in [6.45, 7) is 6.24. The van der Waals surface area contributed by atoms with Gasteiger partial charge in [0.1, 0.15) is 0 Å². The first kappa shape index (κ1) is 27.4. The highest BCUT2D eigenvalue weighted by atomic mass is 16.3. The van der Waals surface area contributed by atoms with Crippen LogP contribution in [0.1, 0.15) is 124 Å². The molecule has 2 atom stereocenters. The Kier molecular flexibility index (Phi) is 19.3. The molecule has 0 aliphatic rings. The maximum atomic E-state index is 12.3. The number of hydrogen-bond acceptors (Lipinski definition) is 3. The highest BCUT2D eigenvalue weighted by molar-refractivity contribution is 5.76. The van der Waals surface area contributed by atoms with E-state index in [9.17, 15) is 15.0 Å². The number of hydrogen-bond donors (Lipinski definition) is 2. The van der Waals surface area contributed by atoms with Gasteiger partial charge in [0.05, 0.1) is 12.2 Å². The second-order valence-corrected chi connectivity index (χ2v) is 8.70. The van der Waals surface area contributed by atoms with Crippen LogP contribution in [-0.4, -0.2) is 46.3 Å². The molecule has 0 saturated heterocycles. The summed E-state index contributed by atoms with van der Waals surface area (Å²) in [7, 11) is 0. The summed E-state index contributed by atoms with van der Waals surface area (Å²) in [5.74, 6) is 0.0523. The Morgan fingerprint density at radius 3 is 1.29 bits per heavy atom. The predicted molar refractivity (Wildman–Crippen MR) is 119 cm³/mol. The highest BCUT2D eigenvalue weighted by Crippen LogP contribution is 2.14. The van der Waals surface area contributed by atoms with Crippen molar-refractivity contribution in [1.29, 1.82) is 0 Å². The first-order chi connectivity index (χ1) is 13.5. The van der Waals surface area contributed by atoms with Gasteiger partial charge in [-0.2, -0.15) is 0 Å². The molecule has 4 heteroatoms.